The normalized spacial score (nSPS) is 23.7. The number of benzene rings is 2. The molecule has 3 unspecified atom stereocenters. The van der Waals surface area contributed by atoms with Gasteiger partial charge in [0, 0.05) is 12.0 Å². The fourth-order valence-corrected chi connectivity index (χ4v) is 6.44. The van der Waals surface area contributed by atoms with E-state index in [0.717, 1.165) is 37.8 Å². The van der Waals surface area contributed by atoms with Gasteiger partial charge in [-0.25, -0.2) is 4.79 Å². The molecule has 3 aliphatic rings. The molecule has 1 fully saturated rings. The Hall–Kier alpha value is -4.64. The van der Waals surface area contributed by atoms with E-state index in [2.05, 4.69) is 0 Å². The molecule has 0 aliphatic heterocycles. The predicted molar refractivity (Wildman–Crippen MR) is 184 cm³/mol. The van der Waals surface area contributed by atoms with Gasteiger partial charge in [-0.15, -0.1) is 0 Å². The van der Waals surface area contributed by atoms with Gasteiger partial charge in [0.2, 0.25) is 0 Å². The monoisotopic (exact) mass is 674 g/mol. The van der Waals surface area contributed by atoms with Crippen molar-refractivity contribution in [2.75, 3.05) is 13.2 Å². The van der Waals surface area contributed by atoms with Crippen molar-refractivity contribution < 1.29 is 49.4 Å². The van der Waals surface area contributed by atoms with Crippen LogP contribution < -0.4 is 0 Å². The topological polar surface area (TPSA) is 179 Å². The van der Waals surface area contributed by atoms with Crippen LogP contribution in [0.25, 0.3) is 0 Å². The molecule has 3 aliphatic carbocycles. The van der Waals surface area contributed by atoms with Crippen LogP contribution in [0.3, 0.4) is 0 Å². The van der Waals surface area contributed by atoms with E-state index in [0.29, 0.717) is 31.2 Å². The van der Waals surface area contributed by atoms with Crippen molar-refractivity contribution in [2.24, 2.45) is 11.3 Å². The number of aliphatic hydroxyl groups is 3. The first-order chi connectivity index (χ1) is 23.3. The Kier molecular flexibility index (Phi) is 14.0. The second-order valence-electron chi connectivity index (χ2n) is 12.6. The summed E-state index contributed by atoms with van der Waals surface area (Å²) >= 11 is 0. The second-order valence-corrected chi connectivity index (χ2v) is 12.6. The van der Waals surface area contributed by atoms with Crippen LogP contribution in [-0.2, 0) is 25.5 Å². The van der Waals surface area contributed by atoms with Crippen molar-refractivity contribution in [1.29, 1.82) is 0 Å². The fraction of sp³-hybridized carbons (Fsp3) is 0.385. The van der Waals surface area contributed by atoms with Gasteiger partial charge in [-0.1, -0.05) is 110 Å². The van der Waals surface area contributed by atoms with E-state index >= 15 is 0 Å². The van der Waals surface area contributed by atoms with Gasteiger partial charge in [0.15, 0.2) is 5.78 Å². The molecule has 10 nitrogen and oxygen atoms in total. The van der Waals surface area contributed by atoms with Crippen LogP contribution in [-0.4, -0.2) is 73.5 Å². The minimum Gasteiger partial charge on any atom is -0.491 e. The number of ether oxygens (including phenoxy) is 1. The molecule has 262 valence electrons. The lowest BCUT2D eigenvalue weighted by Crippen LogP contribution is -2.53. The lowest BCUT2D eigenvalue weighted by Gasteiger charge is -2.47. The molecule has 0 bridgehead atoms. The summed E-state index contributed by atoms with van der Waals surface area (Å²) in [6.45, 7) is 2.23. The van der Waals surface area contributed by atoms with Crippen LogP contribution in [0.1, 0.15) is 68.3 Å². The van der Waals surface area contributed by atoms with E-state index in [1.54, 1.807) is 6.92 Å². The third-order valence-corrected chi connectivity index (χ3v) is 8.94. The van der Waals surface area contributed by atoms with Crippen molar-refractivity contribution in [2.45, 2.75) is 70.0 Å². The Bertz CT molecular complexity index is 1560. The first-order valence-corrected chi connectivity index (χ1v) is 16.3. The van der Waals surface area contributed by atoms with Crippen LogP contribution in [0, 0.1) is 11.3 Å². The minimum absolute atomic E-state index is 0.0492. The molecule has 1 saturated carbocycles. The van der Waals surface area contributed by atoms with E-state index in [1.165, 1.54) is 6.08 Å². The Morgan fingerprint density at radius 3 is 2.00 bits per heavy atom. The van der Waals surface area contributed by atoms with Gasteiger partial charge < -0.3 is 30.3 Å². The molecule has 3 atom stereocenters. The summed E-state index contributed by atoms with van der Waals surface area (Å²) in [5, 5.41) is 48.0. The number of ketones is 2. The highest BCUT2D eigenvalue weighted by molar-refractivity contribution is 6.03. The van der Waals surface area contributed by atoms with Crippen LogP contribution >= 0.6 is 0 Å². The molecular formula is C39H46O10. The van der Waals surface area contributed by atoms with Crippen molar-refractivity contribution in [1.82, 2.24) is 0 Å². The van der Waals surface area contributed by atoms with E-state index in [9.17, 15) is 29.4 Å². The summed E-state index contributed by atoms with van der Waals surface area (Å²) in [7, 11) is 0. The van der Waals surface area contributed by atoms with Gasteiger partial charge >= 0.3 is 11.9 Å². The number of Topliss-reactive ketones (excluding diaryl/α,β-unsaturated/α-hetero) is 2. The number of carboxylic acids is 2. The number of carboxylic acid groups (broad SMARTS) is 2. The molecular weight excluding hydrogens is 628 g/mol. The smallest absolute Gasteiger partial charge is 0.338 e. The molecule has 0 amide bonds. The Balaban J connectivity index is 0.000000211. The molecule has 0 aromatic heterocycles. The minimum atomic E-state index is -2.09. The number of aliphatic carboxylic acids is 2. The zero-order valence-corrected chi connectivity index (χ0v) is 28.0. The highest BCUT2D eigenvalue weighted by atomic mass is 16.5. The summed E-state index contributed by atoms with van der Waals surface area (Å²) in [4.78, 5) is 45.9. The quantitative estimate of drug-likeness (QED) is 0.209. The van der Waals surface area contributed by atoms with E-state index in [-0.39, 0.29) is 30.5 Å². The van der Waals surface area contributed by atoms with Gasteiger partial charge in [0.05, 0.1) is 17.6 Å². The van der Waals surface area contributed by atoms with E-state index < -0.39 is 40.0 Å². The number of rotatable bonds is 10. The molecule has 2 aromatic carbocycles. The number of aliphatic hydroxyl groups excluding tert-OH is 1. The summed E-state index contributed by atoms with van der Waals surface area (Å²) < 4.78 is 4.98. The molecule has 0 spiro atoms. The Labute approximate surface area is 286 Å². The Morgan fingerprint density at radius 2 is 1.49 bits per heavy atom. The number of carbonyl (C=O) groups is 4. The van der Waals surface area contributed by atoms with Crippen LogP contribution in [0.4, 0.5) is 0 Å². The molecule has 0 radical (unpaired) electrons. The SMILES string of the molecule is CC(=O)Cc1ccccc1.CC1(O)C(C(=O)O)=C(OCCO)C=CC1C(=O)O.O=C(c1ccccc1)C1(C2(O)CCCCC2)C=CC=CC1. The number of allylic oxidation sites excluding steroid dienone is 4. The van der Waals surface area contributed by atoms with Gasteiger partial charge in [-0.3, -0.25) is 14.4 Å². The van der Waals surface area contributed by atoms with Crippen LogP contribution in [0.2, 0.25) is 0 Å². The molecule has 0 saturated heterocycles. The average molecular weight is 675 g/mol. The lowest BCUT2D eigenvalue weighted by molar-refractivity contribution is -0.148. The van der Waals surface area contributed by atoms with Crippen molar-refractivity contribution >= 4 is 23.5 Å². The Morgan fingerprint density at radius 1 is 0.878 bits per heavy atom. The molecule has 0 heterocycles. The van der Waals surface area contributed by atoms with Crippen LogP contribution in [0.15, 0.2) is 108 Å². The van der Waals surface area contributed by atoms with Crippen LogP contribution in [0.5, 0.6) is 0 Å². The fourth-order valence-electron chi connectivity index (χ4n) is 6.44. The van der Waals surface area contributed by atoms with Gasteiger partial charge in [-0.05, 0) is 44.7 Å². The van der Waals surface area contributed by atoms with Crippen molar-refractivity contribution in [3.05, 3.63) is 120 Å². The van der Waals surface area contributed by atoms with Gasteiger partial charge in [0.1, 0.15) is 35.2 Å². The van der Waals surface area contributed by atoms with Gasteiger partial charge in [0.25, 0.3) is 0 Å². The second kappa shape index (κ2) is 17.7. The van der Waals surface area contributed by atoms with E-state index in [1.807, 2.05) is 85.0 Å². The molecule has 5 N–H and O–H groups in total. The number of hydrogen-bond acceptors (Lipinski definition) is 8. The molecule has 2 aromatic rings. The highest BCUT2D eigenvalue weighted by Gasteiger charge is 2.53. The first-order valence-electron chi connectivity index (χ1n) is 16.3. The average Bonchev–Trinajstić information content (AvgIpc) is 3.08. The zero-order chi connectivity index (χ0) is 36.1. The zero-order valence-electron chi connectivity index (χ0n) is 28.0. The third kappa shape index (κ3) is 9.72. The predicted octanol–water partition coefficient (Wildman–Crippen LogP) is 5.24. The van der Waals surface area contributed by atoms with Crippen molar-refractivity contribution in [3.63, 3.8) is 0 Å². The first kappa shape index (κ1) is 38.8. The summed E-state index contributed by atoms with van der Waals surface area (Å²) in [5.41, 5.74) is -2.56. The van der Waals surface area contributed by atoms with Gasteiger partial charge in [-0.2, -0.15) is 0 Å². The highest BCUT2D eigenvalue weighted by Crippen LogP contribution is 2.49. The van der Waals surface area contributed by atoms with Crippen molar-refractivity contribution in [3.8, 4) is 0 Å². The molecule has 10 heteroatoms. The van der Waals surface area contributed by atoms with E-state index in [4.69, 9.17) is 20.1 Å². The summed E-state index contributed by atoms with van der Waals surface area (Å²) in [5.74, 6) is -4.07. The largest absolute Gasteiger partial charge is 0.491 e. The molecule has 5 rings (SSSR count). The summed E-state index contributed by atoms with van der Waals surface area (Å²) in [6, 6.07) is 19.1. The summed E-state index contributed by atoms with van der Waals surface area (Å²) in [6.07, 6.45) is 15.9. The maximum absolute atomic E-state index is 13.2. The third-order valence-electron chi connectivity index (χ3n) is 8.94. The maximum atomic E-state index is 13.2. The number of hydrogen-bond donors (Lipinski definition) is 5. The molecule has 49 heavy (non-hydrogen) atoms. The standard InChI is InChI=1S/C19H22O2.C11H14O7.C9H10O/c20-17(16-10-4-1-5-11-16)18(12-6-2-7-13-18)19(21)14-8-3-9-15-19;1-11(17)6(9(13)14)2-3-7(18-5-4-12)8(11)10(15)16;1-8(10)7-9-5-3-2-4-6-9/h1-2,4-7,10-12,21H,3,8-9,13-15H2;2-3,6,12,17H,4-5H2,1H3,(H,13,14)(H,15,16);2-6H,7H2,1H3. The lowest BCUT2D eigenvalue weighted by atomic mass is 9.59. The number of carbonyl (C=O) groups excluding carboxylic acids is 2. The maximum Gasteiger partial charge on any atom is 0.338 e.